The molecule has 0 saturated heterocycles. The number of hydrogen-bond acceptors (Lipinski definition) is 1. The van der Waals surface area contributed by atoms with E-state index in [0.29, 0.717) is 0 Å². The van der Waals surface area contributed by atoms with Crippen LogP contribution in [0.4, 0.5) is 0 Å². The molecule has 0 aliphatic heterocycles. The topological polar surface area (TPSA) is 17.1 Å². The minimum atomic E-state index is 0.0806. The van der Waals surface area contributed by atoms with Gasteiger partial charge in [0.1, 0.15) is 0 Å². The number of carbonyl (C=O) groups excluding carboxylic acids is 1. The van der Waals surface area contributed by atoms with Gasteiger partial charge in [0.15, 0.2) is 5.78 Å². The summed E-state index contributed by atoms with van der Waals surface area (Å²) in [6, 6.07) is 10.6. The molecule has 0 amide bonds. The zero-order chi connectivity index (χ0) is 16.0. The molecular weight excluding hydrogens is 256 g/mol. The van der Waals surface area contributed by atoms with Gasteiger partial charge in [-0.1, -0.05) is 65.8 Å². The van der Waals surface area contributed by atoms with Gasteiger partial charge in [-0.3, -0.25) is 4.79 Å². The zero-order valence-corrected chi connectivity index (χ0v) is 14.3. The van der Waals surface area contributed by atoms with Crippen LogP contribution in [0.1, 0.15) is 70.0 Å². The van der Waals surface area contributed by atoms with Gasteiger partial charge in [0, 0.05) is 5.56 Å². The summed E-state index contributed by atoms with van der Waals surface area (Å²) >= 11 is 0. The molecular formula is C20H26O. The largest absolute Gasteiger partial charge is 0.295 e. The molecule has 21 heavy (non-hydrogen) atoms. The lowest BCUT2D eigenvalue weighted by atomic mass is 9.78. The molecule has 0 saturated carbocycles. The summed E-state index contributed by atoms with van der Waals surface area (Å²) in [5.41, 5.74) is 3.63. The molecule has 0 aliphatic carbocycles. The molecule has 0 atom stereocenters. The SMILES string of the molecule is CC(=O)c1ccc2c(C(C)(C)C)cc(C(C)(C)C)cc2c1. The van der Waals surface area contributed by atoms with E-state index in [4.69, 9.17) is 0 Å². The lowest BCUT2D eigenvalue weighted by Gasteiger charge is -2.27. The molecule has 2 aromatic carbocycles. The van der Waals surface area contributed by atoms with Crippen molar-refractivity contribution in [2.75, 3.05) is 0 Å². The Morgan fingerprint density at radius 2 is 1.48 bits per heavy atom. The molecule has 0 spiro atoms. The molecule has 0 heterocycles. The first-order valence-electron chi connectivity index (χ1n) is 7.60. The maximum atomic E-state index is 11.7. The predicted molar refractivity (Wildman–Crippen MR) is 91.4 cm³/mol. The number of rotatable bonds is 1. The highest BCUT2D eigenvalue weighted by molar-refractivity contribution is 5.99. The van der Waals surface area contributed by atoms with Crippen LogP contribution in [-0.4, -0.2) is 5.78 Å². The minimum Gasteiger partial charge on any atom is -0.295 e. The first kappa shape index (κ1) is 15.8. The van der Waals surface area contributed by atoms with Gasteiger partial charge in [-0.25, -0.2) is 0 Å². The Morgan fingerprint density at radius 3 is 1.95 bits per heavy atom. The summed E-state index contributed by atoms with van der Waals surface area (Å²) in [5.74, 6) is 0.121. The number of hydrogen-bond donors (Lipinski definition) is 0. The van der Waals surface area contributed by atoms with Crippen LogP contribution in [0.25, 0.3) is 10.8 Å². The Balaban J connectivity index is 2.84. The third kappa shape index (κ3) is 3.18. The number of carbonyl (C=O) groups is 1. The zero-order valence-electron chi connectivity index (χ0n) is 14.3. The Labute approximate surface area is 128 Å². The average molecular weight is 282 g/mol. The van der Waals surface area contributed by atoms with Gasteiger partial charge in [-0.2, -0.15) is 0 Å². The fourth-order valence-electron chi connectivity index (χ4n) is 2.64. The maximum absolute atomic E-state index is 11.7. The second-order valence-electron chi connectivity index (χ2n) is 8.02. The highest BCUT2D eigenvalue weighted by Gasteiger charge is 2.22. The molecule has 1 heteroatoms. The molecule has 0 fully saturated rings. The third-order valence-corrected chi connectivity index (χ3v) is 4.03. The van der Waals surface area contributed by atoms with Gasteiger partial charge < -0.3 is 0 Å². The summed E-state index contributed by atoms with van der Waals surface area (Å²) in [6.45, 7) is 15.0. The molecule has 0 aliphatic rings. The molecule has 0 N–H and O–H groups in total. The molecule has 0 aromatic heterocycles. The van der Waals surface area contributed by atoms with Gasteiger partial charge in [-0.05, 0) is 45.7 Å². The van der Waals surface area contributed by atoms with Gasteiger partial charge in [0.25, 0.3) is 0 Å². The van der Waals surface area contributed by atoms with Crippen LogP contribution in [0.2, 0.25) is 0 Å². The van der Waals surface area contributed by atoms with E-state index in [-0.39, 0.29) is 16.6 Å². The van der Waals surface area contributed by atoms with Crippen molar-refractivity contribution in [3.05, 3.63) is 47.0 Å². The minimum absolute atomic E-state index is 0.0806. The quantitative estimate of drug-likeness (QED) is 0.619. The lowest BCUT2D eigenvalue weighted by Crippen LogP contribution is -2.16. The third-order valence-electron chi connectivity index (χ3n) is 4.03. The summed E-state index contributed by atoms with van der Waals surface area (Å²) in [5, 5.41) is 2.42. The number of ketones is 1. The van der Waals surface area contributed by atoms with E-state index in [1.807, 2.05) is 12.1 Å². The van der Waals surface area contributed by atoms with Crippen LogP contribution >= 0.6 is 0 Å². The van der Waals surface area contributed by atoms with Crippen molar-refractivity contribution in [1.29, 1.82) is 0 Å². The van der Waals surface area contributed by atoms with E-state index in [1.54, 1.807) is 6.92 Å². The Bertz CT molecular complexity index is 694. The first-order chi connectivity index (χ1) is 9.50. The number of fused-ring (bicyclic) bond motifs is 1. The standard InChI is InChI=1S/C20H26O/c1-13(21)14-8-9-17-15(10-14)11-16(19(2,3)4)12-18(17)20(5,6)7/h8-12H,1-7H3. The second-order valence-corrected chi connectivity index (χ2v) is 8.02. The van der Waals surface area contributed by atoms with Crippen LogP contribution < -0.4 is 0 Å². The molecule has 2 aromatic rings. The Morgan fingerprint density at radius 1 is 0.857 bits per heavy atom. The van der Waals surface area contributed by atoms with E-state index in [9.17, 15) is 4.79 Å². The summed E-state index contributed by atoms with van der Waals surface area (Å²) < 4.78 is 0. The van der Waals surface area contributed by atoms with E-state index < -0.39 is 0 Å². The fraction of sp³-hybridized carbons (Fsp3) is 0.450. The van der Waals surface area contributed by atoms with E-state index in [0.717, 1.165) is 5.56 Å². The second kappa shape index (κ2) is 4.98. The van der Waals surface area contributed by atoms with Gasteiger partial charge in [0.05, 0.1) is 0 Å². The monoisotopic (exact) mass is 282 g/mol. The van der Waals surface area contributed by atoms with Crippen molar-refractivity contribution in [3.63, 3.8) is 0 Å². The molecule has 0 unspecified atom stereocenters. The predicted octanol–water partition coefficient (Wildman–Crippen LogP) is 5.64. The van der Waals surface area contributed by atoms with Crippen LogP contribution in [-0.2, 0) is 10.8 Å². The smallest absolute Gasteiger partial charge is 0.159 e. The summed E-state index contributed by atoms with van der Waals surface area (Å²) in [7, 11) is 0. The highest BCUT2D eigenvalue weighted by atomic mass is 16.1. The van der Waals surface area contributed by atoms with Crippen LogP contribution in [0.15, 0.2) is 30.3 Å². The van der Waals surface area contributed by atoms with E-state index in [2.05, 4.69) is 59.7 Å². The van der Waals surface area contributed by atoms with E-state index >= 15 is 0 Å². The Kier molecular flexibility index (Phi) is 3.73. The van der Waals surface area contributed by atoms with Crippen molar-refractivity contribution in [3.8, 4) is 0 Å². The van der Waals surface area contributed by atoms with Crippen LogP contribution in [0.5, 0.6) is 0 Å². The van der Waals surface area contributed by atoms with Gasteiger partial charge in [-0.15, -0.1) is 0 Å². The molecule has 112 valence electrons. The number of benzene rings is 2. The van der Waals surface area contributed by atoms with Gasteiger partial charge >= 0.3 is 0 Å². The molecule has 1 nitrogen and oxygen atoms in total. The van der Waals surface area contributed by atoms with Crippen molar-refractivity contribution in [2.24, 2.45) is 0 Å². The molecule has 2 rings (SSSR count). The van der Waals surface area contributed by atoms with Crippen molar-refractivity contribution < 1.29 is 4.79 Å². The first-order valence-corrected chi connectivity index (χ1v) is 7.60. The number of Topliss-reactive ketones (excluding diaryl/α,β-unsaturated/α-hetero) is 1. The fourth-order valence-corrected chi connectivity index (χ4v) is 2.64. The van der Waals surface area contributed by atoms with Crippen molar-refractivity contribution >= 4 is 16.6 Å². The van der Waals surface area contributed by atoms with Crippen molar-refractivity contribution in [2.45, 2.75) is 59.3 Å². The van der Waals surface area contributed by atoms with E-state index in [1.165, 1.54) is 21.9 Å². The Hall–Kier alpha value is -1.63. The highest BCUT2D eigenvalue weighted by Crippen LogP contribution is 2.35. The van der Waals surface area contributed by atoms with Crippen molar-refractivity contribution in [1.82, 2.24) is 0 Å². The summed E-state index contributed by atoms with van der Waals surface area (Å²) in [4.78, 5) is 11.7. The maximum Gasteiger partial charge on any atom is 0.159 e. The van der Waals surface area contributed by atoms with Crippen LogP contribution in [0, 0.1) is 0 Å². The average Bonchev–Trinajstić information content (AvgIpc) is 2.34. The lowest BCUT2D eigenvalue weighted by molar-refractivity contribution is 0.101. The van der Waals surface area contributed by atoms with Gasteiger partial charge in [0.2, 0.25) is 0 Å². The summed E-state index contributed by atoms with van der Waals surface area (Å²) in [6.07, 6.45) is 0. The molecule has 0 radical (unpaired) electrons. The normalized spacial score (nSPS) is 12.7. The van der Waals surface area contributed by atoms with Crippen LogP contribution in [0.3, 0.4) is 0 Å². The molecule has 0 bridgehead atoms.